The van der Waals surface area contributed by atoms with Gasteiger partial charge in [-0.05, 0) is 45.7 Å². The van der Waals surface area contributed by atoms with Crippen molar-refractivity contribution in [2.45, 2.75) is 44.6 Å². The minimum absolute atomic E-state index is 0.0961. The smallest absolute Gasteiger partial charge is 0.324 e. The minimum Gasteiger partial charge on any atom is -0.508 e. The number of aliphatic hydroxyl groups excluding tert-OH is 1. The van der Waals surface area contributed by atoms with Gasteiger partial charge in [0.05, 0.1) is 10.5 Å². The molecular weight excluding hydrogens is 384 g/mol. The predicted molar refractivity (Wildman–Crippen MR) is 103 cm³/mol. The molecule has 2 N–H and O–H groups in total. The van der Waals surface area contributed by atoms with Crippen molar-refractivity contribution >= 4 is 27.5 Å². The first-order valence-electron chi connectivity index (χ1n) is 8.79. The zero-order valence-electron chi connectivity index (χ0n) is 16.1. The number of Topliss-reactive ketones (excluding diaryl/α,β-unsaturated/α-hetero) is 1. The Morgan fingerprint density at radius 1 is 1.25 bits per heavy atom. The van der Waals surface area contributed by atoms with Gasteiger partial charge in [-0.1, -0.05) is 17.7 Å². The molecule has 0 saturated carbocycles. The lowest BCUT2D eigenvalue weighted by Gasteiger charge is -2.23. The normalized spacial score (nSPS) is 18.5. The molecule has 1 aliphatic heterocycles. The molecule has 8 nitrogen and oxygen atoms in total. The Morgan fingerprint density at radius 2 is 1.86 bits per heavy atom. The highest BCUT2D eigenvalue weighted by atomic mass is 32.2. The molecule has 0 radical (unpaired) electrons. The molecule has 9 heteroatoms. The molecule has 0 spiro atoms. The number of aliphatic hydroxyl groups is 1. The number of aryl methyl sites for hydroxylation is 1. The third kappa shape index (κ3) is 4.66. The maximum atomic E-state index is 12.9. The van der Waals surface area contributed by atoms with Gasteiger partial charge in [-0.3, -0.25) is 9.59 Å². The topological polar surface area (TPSA) is 125 Å². The maximum absolute atomic E-state index is 12.9. The van der Waals surface area contributed by atoms with Crippen molar-refractivity contribution in [2.24, 2.45) is 0 Å². The third-order valence-corrected chi connectivity index (χ3v) is 6.39. The monoisotopic (exact) mass is 408 g/mol. The number of benzene rings is 1. The van der Waals surface area contributed by atoms with Crippen molar-refractivity contribution < 1.29 is 27.9 Å². The van der Waals surface area contributed by atoms with Gasteiger partial charge in [-0.25, -0.2) is 8.42 Å². The summed E-state index contributed by atoms with van der Waals surface area (Å²) in [7, 11) is -3.86. The van der Waals surface area contributed by atoms with Crippen molar-refractivity contribution in [1.82, 2.24) is 4.31 Å². The fraction of sp³-hybridized carbons (Fsp3) is 0.421. The lowest BCUT2D eigenvalue weighted by Crippen LogP contribution is -2.41. The molecule has 0 aliphatic carbocycles. The second-order valence-corrected chi connectivity index (χ2v) is 8.59. The van der Waals surface area contributed by atoms with Crippen molar-refractivity contribution in [3.63, 3.8) is 0 Å². The number of allylic oxidation sites excluding steroid dienone is 1. The van der Waals surface area contributed by atoms with Crippen LogP contribution in [0.1, 0.15) is 32.3 Å². The number of hydrogen-bond donors (Lipinski definition) is 2. The van der Waals surface area contributed by atoms with E-state index in [4.69, 9.17) is 10.1 Å². The molecule has 0 bridgehead atoms. The van der Waals surface area contributed by atoms with E-state index in [0.29, 0.717) is 12.8 Å². The maximum Gasteiger partial charge on any atom is 0.324 e. The molecule has 1 aromatic carbocycles. The van der Waals surface area contributed by atoms with Gasteiger partial charge in [0.25, 0.3) is 0 Å². The van der Waals surface area contributed by atoms with E-state index in [1.807, 2.05) is 6.92 Å². The molecule has 0 unspecified atom stereocenters. The minimum atomic E-state index is -3.86. The number of carbonyl (C=O) groups excluding carboxylic acids is 2. The predicted octanol–water partition coefficient (Wildman–Crippen LogP) is 2.13. The average Bonchev–Trinajstić information content (AvgIpc) is 3.10. The highest BCUT2D eigenvalue weighted by Gasteiger charge is 2.40. The van der Waals surface area contributed by atoms with Crippen LogP contribution >= 0.6 is 0 Å². The molecule has 28 heavy (non-hydrogen) atoms. The largest absolute Gasteiger partial charge is 0.508 e. The highest BCUT2D eigenvalue weighted by molar-refractivity contribution is 7.89. The molecule has 152 valence electrons. The number of ether oxygens (including phenoxy) is 1. The van der Waals surface area contributed by atoms with Crippen molar-refractivity contribution in [3.05, 3.63) is 41.2 Å². The summed E-state index contributed by atoms with van der Waals surface area (Å²) in [5.41, 5.74) is 0.551. The summed E-state index contributed by atoms with van der Waals surface area (Å²) >= 11 is 0. The fourth-order valence-electron chi connectivity index (χ4n) is 3.10. The van der Waals surface area contributed by atoms with Crippen LogP contribution in [0.3, 0.4) is 0 Å². The quantitative estimate of drug-likeness (QED) is 0.308. The Balaban J connectivity index is 2.17. The first kappa shape index (κ1) is 21.8. The van der Waals surface area contributed by atoms with E-state index < -0.39 is 40.2 Å². The van der Waals surface area contributed by atoms with Crippen LogP contribution in [-0.4, -0.2) is 54.5 Å². The zero-order chi connectivity index (χ0) is 21.1. The molecule has 1 fully saturated rings. The average molecular weight is 408 g/mol. The first-order valence-corrected chi connectivity index (χ1v) is 10.2. The van der Waals surface area contributed by atoms with Gasteiger partial charge in [-0.15, -0.1) is 0 Å². The third-order valence-electron chi connectivity index (χ3n) is 4.47. The van der Waals surface area contributed by atoms with Gasteiger partial charge >= 0.3 is 5.97 Å². The Kier molecular flexibility index (Phi) is 6.73. The molecule has 1 aliphatic rings. The van der Waals surface area contributed by atoms with Gasteiger partial charge in [0.2, 0.25) is 10.0 Å². The van der Waals surface area contributed by atoms with Crippen LogP contribution in [0.5, 0.6) is 0 Å². The number of hydrogen-bond acceptors (Lipinski definition) is 7. The van der Waals surface area contributed by atoms with Crippen molar-refractivity contribution in [2.75, 3.05) is 13.2 Å². The van der Waals surface area contributed by atoms with E-state index in [9.17, 15) is 23.1 Å². The molecule has 1 heterocycles. The van der Waals surface area contributed by atoms with Gasteiger partial charge in [0, 0.05) is 12.3 Å². The zero-order valence-corrected chi connectivity index (χ0v) is 16.9. The van der Waals surface area contributed by atoms with Crippen molar-refractivity contribution in [1.29, 1.82) is 5.41 Å². The summed E-state index contributed by atoms with van der Waals surface area (Å²) in [4.78, 5) is 24.1. The SMILES string of the molecule is CC(=N)/C(C(C)=O)=C(/O)COC(=O)[C@@H]1CCCN1S(=O)(=O)c1ccc(C)cc1. The summed E-state index contributed by atoms with van der Waals surface area (Å²) < 4.78 is 31.9. The number of carbonyl (C=O) groups is 2. The summed E-state index contributed by atoms with van der Waals surface area (Å²) in [6.07, 6.45) is 0.808. The molecule has 1 aromatic rings. The Bertz CT molecular complexity index is 902. The van der Waals surface area contributed by atoms with Crippen LogP contribution in [0.15, 0.2) is 40.5 Å². The molecule has 0 aromatic heterocycles. The molecular formula is C19H24N2O6S. The summed E-state index contributed by atoms with van der Waals surface area (Å²) in [5, 5.41) is 17.5. The lowest BCUT2D eigenvalue weighted by molar-refractivity contribution is -0.147. The highest BCUT2D eigenvalue weighted by Crippen LogP contribution is 2.27. The molecule has 0 amide bonds. The summed E-state index contributed by atoms with van der Waals surface area (Å²) in [6, 6.07) is 5.35. The molecule has 1 atom stereocenters. The van der Waals surface area contributed by atoms with Crippen LogP contribution in [0.4, 0.5) is 0 Å². The Morgan fingerprint density at radius 3 is 2.39 bits per heavy atom. The number of sulfonamides is 1. The Hall–Kier alpha value is -2.52. The standard InChI is InChI=1S/C19H24N2O6S/c1-12-6-8-15(9-7-12)28(25,26)21-10-4-5-16(21)19(24)27-11-17(23)18(13(2)20)14(3)22/h6-9,16,20,23H,4-5,10-11H2,1-3H3/b18-17-,20-13?/t16-/m0/s1. The summed E-state index contributed by atoms with van der Waals surface area (Å²) in [6.45, 7) is 3.96. The van der Waals surface area contributed by atoms with Gasteiger partial charge in [0.1, 0.15) is 18.4 Å². The summed E-state index contributed by atoms with van der Waals surface area (Å²) in [5.74, 6) is -1.85. The van der Waals surface area contributed by atoms with Crippen LogP contribution in [0, 0.1) is 12.3 Å². The van der Waals surface area contributed by atoms with Crippen LogP contribution < -0.4 is 0 Å². The fourth-order valence-corrected chi connectivity index (χ4v) is 4.75. The first-order chi connectivity index (χ1) is 13.1. The second kappa shape index (κ2) is 8.66. The van der Waals surface area contributed by atoms with Gasteiger partial charge in [0.15, 0.2) is 5.78 Å². The number of nitrogens with zero attached hydrogens (tertiary/aromatic N) is 1. The number of ketones is 1. The van der Waals surface area contributed by atoms with Crippen LogP contribution in [0.2, 0.25) is 0 Å². The molecule has 1 saturated heterocycles. The van der Waals surface area contributed by atoms with Crippen LogP contribution in [0.25, 0.3) is 0 Å². The molecule has 2 rings (SSSR count). The van der Waals surface area contributed by atoms with Gasteiger partial charge in [-0.2, -0.15) is 4.31 Å². The van der Waals surface area contributed by atoms with Crippen LogP contribution in [-0.2, 0) is 24.3 Å². The second-order valence-electron chi connectivity index (χ2n) is 6.70. The van der Waals surface area contributed by atoms with E-state index >= 15 is 0 Å². The lowest BCUT2D eigenvalue weighted by atomic mass is 10.1. The number of rotatable bonds is 7. The van der Waals surface area contributed by atoms with E-state index in [-0.39, 0.29) is 22.7 Å². The van der Waals surface area contributed by atoms with Gasteiger partial charge < -0.3 is 15.3 Å². The van der Waals surface area contributed by atoms with E-state index in [2.05, 4.69) is 0 Å². The number of nitrogens with one attached hydrogen (secondary N) is 1. The van der Waals surface area contributed by atoms with E-state index in [1.54, 1.807) is 12.1 Å². The number of esters is 1. The Labute approximate surface area is 164 Å². The van der Waals surface area contributed by atoms with E-state index in [0.717, 1.165) is 9.87 Å². The van der Waals surface area contributed by atoms with Crippen molar-refractivity contribution in [3.8, 4) is 0 Å². The van der Waals surface area contributed by atoms with E-state index in [1.165, 1.54) is 26.0 Å².